The van der Waals surface area contributed by atoms with Gasteiger partial charge in [0.2, 0.25) is 0 Å². The maximum atomic E-state index is 11.6. The van der Waals surface area contributed by atoms with Gasteiger partial charge in [0.1, 0.15) is 0 Å². The summed E-state index contributed by atoms with van der Waals surface area (Å²) in [5.74, 6) is -0.487. The Morgan fingerprint density at radius 3 is 2.67 bits per heavy atom. The molecule has 0 aliphatic carbocycles. The smallest absolute Gasteiger partial charge is 0.314 e. The van der Waals surface area contributed by atoms with Crippen molar-refractivity contribution in [3.8, 4) is 0 Å². The third kappa shape index (κ3) is 7.34. The summed E-state index contributed by atoms with van der Waals surface area (Å²) in [5.41, 5.74) is 1.07. The number of carbonyl (C=O) groups excluding carboxylic acids is 1. The molecule has 7 nitrogen and oxygen atoms in total. The molecular weight excluding hydrogens is 272 g/mol. The summed E-state index contributed by atoms with van der Waals surface area (Å²) in [6.07, 6.45) is 4.06. The molecule has 1 aromatic rings. The third-order valence-corrected chi connectivity index (χ3v) is 3.36. The van der Waals surface area contributed by atoms with E-state index >= 15 is 0 Å². The number of carboxylic acids is 1. The fourth-order valence-electron chi connectivity index (χ4n) is 1.96. The summed E-state index contributed by atoms with van der Waals surface area (Å²) in [5, 5.41) is 18.2. The average Bonchev–Trinajstić information content (AvgIpc) is 2.82. The molecule has 0 saturated heterocycles. The lowest BCUT2D eigenvalue weighted by atomic mass is 10.0. The van der Waals surface area contributed by atoms with Gasteiger partial charge in [0.15, 0.2) is 0 Å². The Labute approximate surface area is 124 Å². The van der Waals surface area contributed by atoms with Crippen molar-refractivity contribution in [1.82, 2.24) is 20.4 Å². The van der Waals surface area contributed by atoms with Crippen LogP contribution >= 0.6 is 0 Å². The molecule has 21 heavy (non-hydrogen) atoms. The number of aryl methyl sites for hydroxylation is 1. The van der Waals surface area contributed by atoms with Crippen LogP contribution in [-0.4, -0.2) is 40.0 Å². The van der Waals surface area contributed by atoms with Gasteiger partial charge in [0, 0.05) is 44.9 Å². The Balaban J connectivity index is 2.06. The summed E-state index contributed by atoms with van der Waals surface area (Å²) >= 11 is 0. The van der Waals surface area contributed by atoms with Crippen LogP contribution in [0.1, 0.15) is 31.9 Å². The van der Waals surface area contributed by atoms with Gasteiger partial charge < -0.3 is 15.7 Å². The molecule has 0 spiro atoms. The highest BCUT2D eigenvalue weighted by atomic mass is 16.4. The van der Waals surface area contributed by atoms with Gasteiger partial charge in [-0.25, -0.2) is 4.79 Å². The zero-order valence-corrected chi connectivity index (χ0v) is 12.6. The first-order valence-electron chi connectivity index (χ1n) is 7.19. The Morgan fingerprint density at radius 2 is 2.05 bits per heavy atom. The van der Waals surface area contributed by atoms with Gasteiger partial charge in [-0.05, 0) is 24.8 Å². The van der Waals surface area contributed by atoms with Crippen LogP contribution in [-0.2, 0) is 18.3 Å². The standard InChI is InChI=1S/C14H24N4O3/c1-11(3-4-13(19)20)5-8-15-14(21)16-9-6-12-7-10-17-18(12)2/h7,10-11H,3-6,8-9H2,1-2H3,(H,19,20)(H2,15,16,21). The van der Waals surface area contributed by atoms with E-state index in [1.807, 2.05) is 20.0 Å². The molecule has 7 heteroatoms. The number of rotatable bonds is 9. The first-order chi connectivity index (χ1) is 9.99. The summed E-state index contributed by atoms with van der Waals surface area (Å²) in [6, 6.07) is 1.73. The molecule has 0 aliphatic heterocycles. The molecule has 1 atom stereocenters. The zero-order chi connectivity index (χ0) is 15.7. The monoisotopic (exact) mass is 296 g/mol. The predicted molar refractivity (Wildman–Crippen MR) is 79.0 cm³/mol. The quantitative estimate of drug-likeness (QED) is 0.637. The van der Waals surface area contributed by atoms with Crippen molar-refractivity contribution in [2.75, 3.05) is 13.1 Å². The summed E-state index contributed by atoms with van der Waals surface area (Å²) in [4.78, 5) is 22.0. The number of hydrogen-bond donors (Lipinski definition) is 3. The number of aliphatic carboxylic acids is 1. The molecule has 1 rings (SSSR count). The highest BCUT2D eigenvalue weighted by molar-refractivity contribution is 5.73. The van der Waals surface area contributed by atoms with Gasteiger partial charge in [-0.15, -0.1) is 0 Å². The van der Waals surface area contributed by atoms with E-state index in [4.69, 9.17) is 5.11 Å². The van der Waals surface area contributed by atoms with E-state index in [1.165, 1.54) is 0 Å². The average molecular weight is 296 g/mol. The second kappa shape index (κ2) is 8.99. The molecule has 0 radical (unpaired) electrons. The zero-order valence-electron chi connectivity index (χ0n) is 12.6. The van der Waals surface area contributed by atoms with E-state index in [0.29, 0.717) is 19.5 Å². The van der Waals surface area contributed by atoms with Crippen LogP contribution in [0.3, 0.4) is 0 Å². The van der Waals surface area contributed by atoms with Gasteiger partial charge in [0.05, 0.1) is 0 Å². The molecule has 0 aromatic carbocycles. The first kappa shape index (κ1) is 17.0. The summed E-state index contributed by atoms with van der Waals surface area (Å²) in [6.45, 7) is 3.10. The van der Waals surface area contributed by atoms with E-state index in [9.17, 15) is 9.59 Å². The van der Waals surface area contributed by atoms with Crippen LogP contribution in [0.25, 0.3) is 0 Å². The number of carboxylic acid groups (broad SMARTS) is 1. The van der Waals surface area contributed by atoms with Crippen LogP contribution < -0.4 is 10.6 Å². The number of amides is 2. The third-order valence-electron chi connectivity index (χ3n) is 3.36. The molecule has 2 amide bonds. The number of carbonyl (C=O) groups is 2. The van der Waals surface area contributed by atoms with Crippen molar-refractivity contribution in [1.29, 1.82) is 0 Å². The molecule has 118 valence electrons. The topological polar surface area (TPSA) is 96.3 Å². The molecular formula is C14H24N4O3. The molecule has 1 aromatic heterocycles. The van der Waals surface area contributed by atoms with E-state index in [-0.39, 0.29) is 18.4 Å². The fraction of sp³-hybridized carbons (Fsp3) is 0.643. The van der Waals surface area contributed by atoms with Gasteiger partial charge in [-0.1, -0.05) is 6.92 Å². The van der Waals surface area contributed by atoms with Crippen molar-refractivity contribution < 1.29 is 14.7 Å². The molecule has 0 bridgehead atoms. The molecule has 0 saturated carbocycles. The van der Waals surface area contributed by atoms with E-state index in [1.54, 1.807) is 10.9 Å². The van der Waals surface area contributed by atoms with E-state index in [2.05, 4.69) is 15.7 Å². The lowest BCUT2D eigenvalue weighted by Gasteiger charge is -2.11. The Kier molecular flexibility index (Phi) is 7.28. The van der Waals surface area contributed by atoms with Crippen LogP contribution in [0.4, 0.5) is 4.79 Å². The molecule has 1 unspecified atom stereocenters. The minimum atomic E-state index is -0.775. The minimum absolute atomic E-state index is 0.179. The van der Waals surface area contributed by atoms with Crippen molar-refractivity contribution in [2.45, 2.75) is 32.6 Å². The van der Waals surface area contributed by atoms with Gasteiger partial charge in [-0.2, -0.15) is 5.10 Å². The number of urea groups is 1. The lowest BCUT2D eigenvalue weighted by Crippen LogP contribution is -2.37. The van der Waals surface area contributed by atoms with Gasteiger partial charge >= 0.3 is 12.0 Å². The normalized spacial score (nSPS) is 11.9. The number of nitrogens with one attached hydrogen (secondary N) is 2. The number of aromatic nitrogens is 2. The van der Waals surface area contributed by atoms with Crippen molar-refractivity contribution in [3.63, 3.8) is 0 Å². The summed E-state index contributed by atoms with van der Waals surface area (Å²) in [7, 11) is 1.87. The largest absolute Gasteiger partial charge is 0.481 e. The van der Waals surface area contributed by atoms with Crippen LogP contribution in [0, 0.1) is 5.92 Å². The second-order valence-electron chi connectivity index (χ2n) is 5.21. The van der Waals surface area contributed by atoms with Crippen molar-refractivity contribution in [2.24, 2.45) is 13.0 Å². The SMILES string of the molecule is CC(CCNC(=O)NCCc1ccnn1C)CCC(=O)O. The lowest BCUT2D eigenvalue weighted by molar-refractivity contribution is -0.137. The van der Waals surface area contributed by atoms with E-state index in [0.717, 1.165) is 18.5 Å². The first-order valence-corrected chi connectivity index (χ1v) is 7.19. The maximum absolute atomic E-state index is 11.6. The highest BCUT2D eigenvalue weighted by Crippen LogP contribution is 2.08. The minimum Gasteiger partial charge on any atom is -0.481 e. The van der Waals surface area contributed by atoms with Gasteiger partial charge in [0.25, 0.3) is 0 Å². The van der Waals surface area contributed by atoms with Crippen LogP contribution in [0.5, 0.6) is 0 Å². The van der Waals surface area contributed by atoms with Crippen molar-refractivity contribution in [3.05, 3.63) is 18.0 Å². The molecule has 0 aliphatic rings. The van der Waals surface area contributed by atoms with Crippen LogP contribution in [0.2, 0.25) is 0 Å². The predicted octanol–water partition coefficient (Wildman–Crippen LogP) is 1.15. The number of nitrogens with zero attached hydrogens (tertiary/aromatic N) is 2. The van der Waals surface area contributed by atoms with Crippen molar-refractivity contribution >= 4 is 12.0 Å². The Bertz CT molecular complexity index is 459. The molecule has 1 heterocycles. The molecule has 0 fully saturated rings. The fourth-order valence-corrected chi connectivity index (χ4v) is 1.96. The highest BCUT2D eigenvalue weighted by Gasteiger charge is 2.06. The number of hydrogen-bond acceptors (Lipinski definition) is 3. The Morgan fingerprint density at radius 1 is 1.33 bits per heavy atom. The maximum Gasteiger partial charge on any atom is 0.314 e. The second-order valence-corrected chi connectivity index (χ2v) is 5.21. The van der Waals surface area contributed by atoms with E-state index < -0.39 is 5.97 Å². The Hall–Kier alpha value is -2.05. The van der Waals surface area contributed by atoms with Crippen LogP contribution in [0.15, 0.2) is 12.3 Å². The molecule has 3 N–H and O–H groups in total. The summed E-state index contributed by atoms with van der Waals surface area (Å²) < 4.78 is 1.78. The van der Waals surface area contributed by atoms with Gasteiger partial charge in [-0.3, -0.25) is 9.48 Å².